The summed E-state index contributed by atoms with van der Waals surface area (Å²) in [6, 6.07) is 11.9. The lowest BCUT2D eigenvalue weighted by Gasteiger charge is -2.19. The molecule has 0 aliphatic carbocycles. The van der Waals surface area contributed by atoms with Gasteiger partial charge in [-0.1, -0.05) is 41.4 Å². The molecule has 1 unspecified atom stereocenters. The molecule has 0 amide bonds. The van der Waals surface area contributed by atoms with E-state index in [0.717, 1.165) is 21.7 Å². The van der Waals surface area contributed by atoms with Crippen molar-refractivity contribution in [1.82, 2.24) is 5.32 Å². The third-order valence-corrected chi connectivity index (χ3v) is 4.03. The molecule has 0 spiro atoms. The Morgan fingerprint density at radius 1 is 1.00 bits per heavy atom. The zero-order valence-corrected chi connectivity index (χ0v) is 13.2. The van der Waals surface area contributed by atoms with Gasteiger partial charge in [-0.2, -0.15) is 0 Å². The van der Waals surface area contributed by atoms with Gasteiger partial charge in [0.1, 0.15) is 5.75 Å². The van der Waals surface area contributed by atoms with Gasteiger partial charge in [0.15, 0.2) is 0 Å². The zero-order chi connectivity index (χ0) is 14.7. The fourth-order valence-corrected chi connectivity index (χ4v) is 2.63. The highest BCUT2D eigenvalue weighted by atomic mass is 35.5. The number of halogens is 2. The van der Waals surface area contributed by atoms with E-state index in [0.29, 0.717) is 10.8 Å². The Hall–Kier alpha value is -1.22. The standard InChI is InChI=1S/C16H17Cl2NO/c1-10-4-5-11(8-13(10)17)16(19-2)12-6-7-15(20-3)14(18)9-12/h4-9,16,19H,1-3H3. The molecule has 106 valence electrons. The van der Waals surface area contributed by atoms with Gasteiger partial charge in [0.05, 0.1) is 18.2 Å². The molecule has 2 rings (SSSR count). The molecule has 0 radical (unpaired) electrons. The van der Waals surface area contributed by atoms with Crippen molar-refractivity contribution in [1.29, 1.82) is 0 Å². The van der Waals surface area contributed by atoms with E-state index in [1.54, 1.807) is 7.11 Å². The van der Waals surface area contributed by atoms with Crippen molar-refractivity contribution in [3.63, 3.8) is 0 Å². The minimum atomic E-state index is 0.0384. The van der Waals surface area contributed by atoms with Gasteiger partial charge in [-0.15, -0.1) is 0 Å². The summed E-state index contributed by atoms with van der Waals surface area (Å²) < 4.78 is 5.18. The van der Waals surface area contributed by atoms with Crippen LogP contribution in [0.25, 0.3) is 0 Å². The van der Waals surface area contributed by atoms with Crippen molar-refractivity contribution >= 4 is 23.2 Å². The number of rotatable bonds is 4. The summed E-state index contributed by atoms with van der Waals surface area (Å²) in [5, 5.41) is 4.65. The van der Waals surface area contributed by atoms with E-state index in [1.165, 1.54) is 0 Å². The molecule has 0 heterocycles. The maximum atomic E-state index is 6.21. The van der Waals surface area contributed by atoms with Crippen LogP contribution in [0.2, 0.25) is 10.0 Å². The van der Waals surface area contributed by atoms with Gasteiger partial charge in [0.2, 0.25) is 0 Å². The highest BCUT2D eigenvalue weighted by Crippen LogP contribution is 2.31. The summed E-state index contributed by atoms with van der Waals surface area (Å²) >= 11 is 12.4. The van der Waals surface area contributed by atoms with E-state index in [-0.39, 0.29) is 6.04 Å². The molecule has 2 aromatic rings. The Morgan fingerprint density at radius 3 is 2.10 bits per heavy atom. The molecule has 2 nitrogen and oxygen atoms in total. The van der Waals surface area contributed by atoms with Crippen molar-refractivity contribution in [2.24, 2.45) is 0 Å². The van der Waals surface area contributed by atoms with Crippen molar-refractivity contribution in [3.05, 3.63) is 63.1 Å². The summed E-state index contributed by atoms with van der Waals surface area (Å²) in [6.45, 7) is 1.99. The Balaban J connectivity index is 2.41. The predicted molar refractivity (Wildman–Crippen MR) is 85.1 cm³/mol. The first-order chi connectivity index (χ1) is 9.56. The van der Waals surface area contributed by atoms with Crippen LogP contribution in [0.4, 0.5) is 0 Å². The molecule has 4 heteroatoms. The first kappa shape index (κ1) is 15.2. The maximum Gasteiger partial charge on any atom is 0.137 e. The second kappa shape index (κ2) is 6.49. The number of benzene rings is 2. The molecule has 0 aromatic heterocycles. The average molecular weight is 310 g/mol. The largest absolute Gasteiger partial charge is 0.495 e. The van der Waals surface area contributed by atoms with Gasteiger partial charge in [-0.05, 0) is 48.9 Å². The molecule has 1 atom stereocenters. The van der Waals surface area contributed by atoms with E-state index >= 15 is 0 Å². The normalized spacial score (nSPS) is 12.2. The van der Waals surface area contributed by atoms with E-state index in [4.69, 9.17) is 27.9 Å². The van der Waals surface area contributed by atoms with Gasteiger partial charge < -0.3 is 10.1 Å². The second-order valence-corrected chi connectivity index (χ2v) is 5.44. The molecule has 2 aromatic carbocycles. The Kier molecular flexibility index (Phi) is 4.92. The van der Waals surface area contributed by atoms with Crippen LogP contribution in [0.5, 0.6) is 5.75 Å². The van der Waals surface area contributed by atoms with Gasteiger partial charge in [0, 0.05) is 5.02 Å². The molecular weight excluding hydrogens is 293 g/mol. The van der Waals surface area contributed by atoms with Crippen LogP contribution >= 0.6 is 23.2 Å². The van der Waals surface area contributed by atoms with Gasteiger partial charge >= 0.3 is 0 Å². The quantitative estimate of drug-likeness (QED) is 0.890. The first-order valence-corrected chi connectivity index (χ1v) is 7.09. The van der Waals surface area contributed by atoms with Crippen molar-refractivity contribution in [3.8, 4) is 5.75 Å². The van der Waals surface area contributed by atoms with Crippen LogP contribution < -0.4 is 10.1 Å². The fourth-order valence-electron chi connectivity index (χ4n) is 2.18. The number of nitrogens with one attached hydrogen (secondary N) is 1. The van der Waals surface area contributed by atoms with Crippen LogP contribution in [0.15, 0.2) is 36.4 Å². The fraction of sp³-hybridized carbons (Fsp3) is 0.250. The smallest absolute Gasteiger partial charge is 0.137 e. The Morgan fingerprint density at radius 2 is 1.60 bits per heavy atom. The molecule has 0 fully saturated rings. The van der Waals surface area contributed by atoms with Gasteiger partial charge in [-0.3, -0.25) is 0 Å². The van der Waals surface area contributed by atoms with Gasteiger partial charge in [-0.25, -0.2) is 0 Å². The van der Waals surface area contributed by atoms with Crippen molar-refractivity contribution < 1.29 is 4.74 Å². The van der Waals surface area contributed by atoms with Crippen LogP contribution in [0.1, 0.15) is 22.7 Å². The molecule has 0 bridgehead atoms. The van der Waals surface area contributed by atoms with Crippen LogP contribution in [0, 0.1) is 6.92 Å². The average Bonchev–Trinajstić information content (AvgIpc) is 2.44. The number of aryl methyl sites for hydroxylation is 1. The highest BCUT2D eigenvalue weighted by Gasteiger charge is 2.14. The van der Waals surface area contributed by atoms with Crippen molar-refractivity contribution in [2.45, 2.75) is 13.0 Å². The summed E-state index contributed by atoms with van der Waals surface area (Å²) in [6.07, 6.45) is 0. The number of ether oxygens (including phenoxy) is 1. The molecule has 0 aliphatic heterocycles. The van der Waals surface area contributed by atoms with E-state index in [9.17, 15) is 0 Å². The summed E-state index contributed by atoms with van der Waals surface area (Å²) in [5.41, 5.74) is 3.24. The lowest BCUT2D eigenvalue weighted by atomic mass is 9.98. The van der Waals surface area contributed by atoms with Gasteiger partial charge in [0.25, 0.3) is 0 Å². The maximum absolute atomic E-state index is 6.21. The third kappa shape index (κ3) is 3.09. The van der Waals surface area contributed by atoms with E-state index < -0.39 is 0 Å². The zero-order valence-electron chi connectivity index (χ0n) is 11.7. The third-order valence-electron chi connectivity index (χ3n) is 3.33. The lowest BCUT2D eigenvalue weighted by molar-refractivity contribution is 0.414. The molecule has 0 aliphatic rings. The lowest BCUT2D eigenvalue weighted by Crippen LogP contribution is -2.17. The molecule has 0 saturated heterocycles. The number of hydrogen-bond acceptors (Lipinski definition) is 2. The summed E-state index contributed by atoms with van der Waals surface area (Å²) in [4.78, 5) is 0. The van der Waals surface area contributed by atoms with Crippen LogP contribution in [-0.4, -0.2) is 14.2 Å². The topological polar surface area (TPSA) is 21.3 Å². The Bertz CT molecular complexity index is 613. The first-order valence-electron chi connectivity index (χ1n) is 6.33. The molecule has 20 heavy (non-hydrogen) atoms. The summed E-state index contributed by atoms with van der Waals surface area (Å²) in [5.74, 6) is 0.673. The SMILES string of the molecule is CNC(c1ccc(C)c(Cl)c1)c1ccc(OC)c(Cl)c1. The Labute approximate surface area is 129 Å². The highest BCUT2D eigenvalue weighted by molar-refractivity contribution is 6.32. The monoisotopic (exact) mass is 309 g/mol. The minimum Gasteiger partial charge on any atom is -0.495 e. The second-order valence-electron chi connectivity index (χ2n) is 4.62. The predicted octanol–water partition coefficient (Wildman–Crippen LogP) is 4.62. The van der Waals surface area contributed by atoms with Crippen LogP contribution in [-0.2, 0) is 0 Å². The molecular formula is C16H17Cl2NO. The van der Waals surface area contributed by atoms with E-state index in [1.807, 2.05) is 44.3 Å². The minimum absolute atomic E-state index is 0.0384. The molecule has 1 N–H and O–H groups in total. The van der Waals surface area contributed by atoms with E-state index in [2.05, 4.69) is 11.4 Å². The number of methoxy groups -OCH3 is 1. The molecule has 0 saturated carbocycles. The van der Waals surface area contributed by atoms with Crippen LogP contribution in [0.3, 0.4) is 0 Å². The van der Waals surface area contributed by atoms with Crippen molar-refractivity contribution in [2.75, 3.05) is 14.2 Å². The summed E-state index contributed by atoms with van der Waals surface area (Å²) in [7, 11) is 3.52. The number of hydrogen-bond donors (Lipinski definition) is 1.